The molecule has 0 amide bonds. The van der Waals surface area contributed by atoms with Gasteiger partial charge in [-0.1, -0.05) is 0 Å². The molecule has 0 radical (unpaired) electrons. The summed E-state index contributed by atoms with van der Waals surface area (Å²) in [6.07, 6.45) is 2.29. The van der Waals surface area contributed by atoms with Crippen molar-refractivity contribution in [1.82, 2.24) is 4.90 Å². The van der Waals surface area contributed by atoms with Gasteiger partial charge in [-0.25, -0.2) is 0 Å². The second kappa shape index (κ2) is 4.89. The molecule has 1 aliphatic rings. The van der Waals surface area contributed by atoms with Crippen molar-refractivity contribution in [2.45, 2.75) is 25.3 Å². The molecule has 4 nitrogen and oxygen atoms in total. The molecule has 2 heterocycles. The third-order valence-electron chi connectivity index (χ3n) is 2.87. The molecule has 88 valence electrons. The minimum atomic E-state index is -0.815. The van der Waals surface area contributed by atoms with E-state index in [0.29, 0.717) is 11.0 Å². The molecule has 1 aliphatic heterocycles. The summed E-state index contributed by atoms with van der Waals surface area (Å²) in [4.78, 5) is 13.0. The lowest BCUT2D eigenvalue weighted by Crippen LogP contribution is -2.27. The van der Waals surface area contributed by atoms with Gasteiger partial charge in [-0.3, -0.25) is 9.69 Å². The Morgan fingerprint density at radius 2 is 2.19 bits per heavy atom. The van der Waals surface area contributed by atoms with E-state index in [1.807, 2.05) is 0 Å². The largest absolute Gasteiger partial charge is 0.481 e. The monoisotopic (exact) mass is 243 g/mol. The van der Waals surface area contributed by atoms with E-state index in [4.69, 9.17) is 21.1 Å². The molecule has 1 saturated heterocycles. The molecule has 0 aromatic carbocycles. The summed E-state index contributed by atoms with van der Waals surface area (Å²) in [5.41, 5.74) is 0. The maximum absolute atomic E-state index is 10.8. The van der Waals surface area contributed by atoms with Crippen LogP contribution in [0.1, 0.15) is 31.1 Å². The number of aliphatic carboxylic acids is 1. The molecule has 0 aliphatic carbocycles. The van der Waals surface area contributed by atoms with Crippen LogP contribution in [0.5, 0.6) is 0 Å². The van der Waals surface area contributed by atoms with Crippen LogP contribution in [0.15, 0.2) is 16.5 Å². The van der Waals surface area contributed by atoms with Crippen LogP contribution in [0.2, 0.25) is 5.22 Å². The Morgan fingerprint density at radius 3 is 2.69 bits per heavy atom. The number of rotatable bonds is 4. The van der Waals surface area contributed by atoms with Crippen LogP contribution in [-0.2, 0) is 4.79 Å². The number of hydrogen-bond acceptors (Lipinski definition) is 3. The Labute approximate surface area is 98.8 Å². The van der Waals surface area contributed by atoms with Gasteiger partial charge in [0.05, 0.1) is 12.5 Å². The van der Waals surface area contributed by atoms with E-state index in [9.17, 15) is 4.79 Å². The molecular weight excluding hydrogens is 230 g/mol. The van der Waals surface area contributed by atoms with E-state index >= 15 is 0 Å². The Bertz CT molecular complexity index is 371. The highest BCUT2D eigenvalue weighted by Gasteiger charge is 2.27. The summed E-state index contributed by atoms with van der Waals surface area (Å²) < 4.78 is 5.32. The van der Waals surface area contributed by atoms with Crippen LogP contribution >= 0.6 is 11.6 Å². The number of carboxylic acid groups (broad SMARTS) is 1. The van der Waals surface area contributed by atoms with Crippen molar-refractivity contribution < 1.29 is 14.3 Å². The van der Waals surface area contributed by atoms with E-state index < -0.39 is 5.97 Å². The van der Waals surface area contributed by atoms with Gasteiger partial charge in [0.1, 0.15) is 5.76 Å². The molecule has 1 aromatic rings. The minimum absolute atomic E-state index is 0.0594. The van der Waals surface area contributed by atoms with Gasteiger partial charge in [0.2, 0.25) is 0 Å². The van der Waals surface area contributed by atoms with Crippen molar-refractivity contribution in [3.05, 3.63) is 23.1 Å². The number of carbonyl (C=O) groups is 1. The summed E-state index contributed by atoms with van der Waals surface area (Å²) in [6.45, 7) is 1.85. The predicted octanol–water partition coefficient (Wildman–Crippen LogP) is 2.54. The fraction of sp³-hybridized carbons (Fsp3) is 0.545. The van der Waals surface area contributed by atoms with Crippen molar-refractivity contribution in [2.24, 2.45) is 0 Å². The number of hydrogen-bond donors (Lipinski definition) is 1. The van der Waals surface area contributed by atoms with E-state index in [1.165, 1.54) is 0 Å². The third kappa shape index (κ3) is 2.57. The standard InChI is InChI=1S/C11H14ClNO3/c12-10-4-3-9(16-10)8(7-11(14)15)13-5-1-2-6-13/h3-4,8H,1-2,5-7H2,(H,14,15). The van der Waals surface area contributed by atoms with Crippen molar-refractivity contribution >= 4 is 17.6 Å². The van der Waals surface area contributed by atoms with E-state index in [-0.39, 0.29) is 12.5 Å². The predicted molar refractivity (Wildman–Crippen MR) is 59.5 cm³/mol. The smallest absolute Gasteiger partial charge is 0.305 e. The second-order valence-corrected chi connectivity index (χ2v) is 4.37. The lowest BCUT2D eigenvalue weighted by atomic mass is 10.1. The zero-order chi connectivity index (χ0) is 11.5. The van der Waals surface area contributed by atoms with Gasteiger partial charge in [-0.2, -0.15) is 0 Å². The lowest BCUT2D eigenvalue weighted by molar-refractivity contribution is -0.138. The summed E-state index contributed by atoms with van der Waals surface area (Å²) in [6, 6.07) is 3.23. The van der Waals surface area contributed by atoms with Crippen molar-refractivity contribution in [3.8, 4) is 0 Å². The Hall–Kier alpha value is -1.00. The van der Waals surface area contributed by atoms with Crippen LogP contribution in [0, 0.1) is 0 Å². The van der Waals surface area contributed by atoms with Crippen molar-refractivity contribution in [3.63, 3.8) is 0 Å². The van der Waals surface area contributed by atoms with Crippen LogP contribution in [0.4, 0.5) is 0 Å². The van der Waals surface area contributed by atoms with Gasteiger partial charge < -0.3 is 9.52 Å². The Kier molecular flexibility index (Phi) is 3.51. The fourth-order valence-corrected chi connectivity index (χ4v) is 2.29. The highest BCUT2D eigenvalue weighted by molar-refractivity contribution is 6.28. The first-order valence-electron chi connectivity index (χ1n) is 5.38. The molecule has 2 rings (SSSR count). The third-order valence-corrected chi connectivity index (χ3v) is 3.07. The fourth-order valence-electron chi connectivity index (χ4n) is 2.14. The maximum atomic E-state index is 10.8. The molecule has 0 bridgehead atoms. The number of likely N-dealkylation sites (tertiary alicyclic amines) is 1. The molecule has 5 heteroatoms. The van der Waals surface area contributed by atoms with Gasteiger partial charge >= 0.3 is 5.97 Å². The first kappa shape index (κ1) is 11.5. The quantitative estimate of drug-likeness (QED) is 0.883. The SMILES string of the molecule is O=C(O)CC(c1ccc(Cl)o1)N1CCCC1. The zero-order valence-corrected chi connectivity index (χ0v) is 9.61. The minimum Gasteiger partial charge on any atom is -0.481 e. The number of furan rings is 1. The van der Waals surface area contributed by atoms with Gasteiger partial charge in [0.25, 0.3) is 0 Å². The summed E-state index contributed by atoms with van der Waals surface area (Å²) >= 11 is 5.72. The number of halogens is 1. The lowest BCUT2D eigenvalue weighted by Gasteiger charge is -2.24. The topological polar surface area (TPSA) is 53.7 Å². The van der Waals surface area contributed by atoms with Gasteiger partial charge in [0, 0.05) is 0 Å². The Balaban J connectivity index is 2.16. The number of nitrogens with zero attached hydrogens (tertiary/aromatic N) is 1. The summed E-state index contributed by atoms with van der Waals surface area (Å²) in [5, 5.41) is 9.22. The van der Waals surface area contributed by atoms with E-state index in [1.54, 1.807) is 12.1 Å². The average molecular weight is 244 g/mol. The zero-order valence-electron chi connectivity index (χ0n) is 8.86. The molecule has 1 aromatic heterocycles. The average Bonchev–Trinajstić information content (AvgIpc) is 2.84. The molecule has 0 spiro atoms. The molecule has 1 N–H and O–H groups in total. The first-order chi connectivity index (χ1) is 7.66. The second-order valence-electron chi connectivity index (χ2n) is 4.00. The molecule has 0 saturated carbocycles. The van der Waals surface area contributed by atoms with Crippen LogP contribution in [0.3, 0.4) is 0 Å². The van der Waals surface area contributed by atoms with Crippen LogP contribution in [-0.4, -0.2) is 29.1 Å². The molecular formula is C11H14ClNO3. The summed E-state index contributed by atoms with van der Waals surface area (Å²) in [5.74, 6) is -0.168. The van der Waals surface area contributed by atoms with Crippen molar-refractivity contribution in [1.29, 1.82) is 0 Å². The molecule has 1 atom stereocenters. The summed E-state index contributed by atoms with van der Waals surface area (Å²) in [7, 11) is 0. The van der Waals surface area contributed by atoms with Gasteiger partial charge in [0.15, 0.2) is 5.22 Å². The maximum Gasteiger partial charge on any atom is 0.305 e. The first-order valence-corrected chi connectivity index (χ1v) is 5.75. The molecule has 16 heavy (non-hydrogen) atoms. The van der Waals surface area contributed by atoms with Crippen LogP contribution in [0.25, 0.3) is 0 Å². The highest BCUT2D eigenvalue weighted by Crippen LogP contribution is 2.30. The number of carboxylic acids is 1. The van der Waals surface area contributed by atoms with Gasteiger partial charge in [-0.15, -0.1) is 0 Å². The normalized spacial score (nSPS) is 18.8. The van der Waals surface area contributed by atoms with Gasteiger partial charge in [-0.05, 0) is 49.7 Å². The molecule has 1 fully saturated rings. The Morgan fingerprint density at radius 1 is 1.50 bits per heavy atom. The molecule has 1 unspecified atom stereocenters. The van der Waals surface area contributed by atoms with Crippen LogP contribution < -0.4 is 0 Å². The van der Waals surface area contributed by atoms with E-state index in [0.717, 1.165) is 25.9 Å². The highest BCUT2D eigenvalue weighted by atomic mass is 35.5. The van der Waals surface area contributed by atoms with E-state index in [2.05, 4.69) is 4.90 Å². The van der Waals surface area contributed by atoms with Crippen molar-refractivity contribution in [2.75, 3.05) is 13.1 Å².